The molecule has 0 fully saturated rings. The average Bonchev–Trinajstić information content (AvgIpc) is 2.26. The van der Waals surface area contributed by atoms with Crippen LogP contribution in [0, 0.1) is 10.1 Å². The van der Waals surface area contributed by atoms with Gasteiger partial charge in [-0.05, 0) is 6.07 Å². The molecule has 0 amide bonds. The van der Waals surface area contributed by atoms with Gasteiger partial charge < -0.3 is 0 Å². The molecule has 8 heteroatoms. The molecule has 0 unspecified atom stereocenters. The molecule has 0 spiro atoms. The summed E-state index contributed by atoms with van der Waals surface area (Å²) in [6.07, 6.45) is 0.116. The number of hydrogen-bond donors (Lipinski definition) is 1. The summed E-state index contributed by atoms with van der Waals surface area (Å²) >= 11 is 0. The molecular weight excluding hydrogens is 248 g/mol. The van der Waals surface area contributed by atoms with Crippen molar-refractivity contribution in [3.05, 3.63) is 33.9 Å². The van der Waals surface area contributed by atoms with Crippen molar-refractivity contribution >= 4 is 21.5 Å². The molecule has 1 rings (SSSR count). The minimum Gasteiger partial charge on any atom is -0.294 e. The van der Waals surface area contributed by atoms with Gasteiger partial charge in [0.15, 0.2) is 5.78 Å². The SMILES string of the molecule is CCC(=O)c1cc([N+](=O)[O-])cc(S(N)(=O)=O)c1. The number of ketones is 1. The Morgan fingerprint density at radius 3 is 2.41 bits per heavy atom. The van der Waals surface area contributed by atoms with Gasteiger partial charge in [-0.3, -0.25) is 14.9 Å². The summed E-state index contributed by atoms with van der Waals surface area (Å²) in [7, 11) is -4.08. The van der Waals surface area contributed by atoms with Crippen LogP contribution in [0.4, 0.5) is 5.69 Å². The van der Waals surface area contributed by atoms with Crippen molar-refractivity contribution in [1.29, 1.82) is 0 Å². The summed E-state index contributed by atoms with van der Waals surface area (Å²) in [5.74, 6) is -0.390. The van der Waals surface area contributed by atoms with E-state index in [-0.39, 0.29) is 12.0 Å². The number of nitrogens with two attached hydrogens (primary N) is 1. The molecule has 0 saturated carbocycles. The average molecular weight is 258 g/mol. The Labute approximate surface area is 97.4 Å². The van der Waals surface area contributed by atoms with Gasteiger partial charge in [-0.2, -0.15) is 0 Å². The predicted octanol–water partition coefficient (Wildman–Crippen LogP) is 0.835. The Hall–Kier alpha value is -1.80. The van der Waals surface area contributed by atoms with E-state index in [0.29, 0.717) is 0 Å². The van der Waals surface area contributed by atoms with E-state index in [4.69, 9.17) is 5.14 Å². The Bertz CT molecular complexity index is 579. The molecule has 0 bridgehead atoms. The normalized spacial score (nSPS) is 11.2. The molecule has 1 aromatic rings. The minimum absolute atomic E-state index is 0.0364. The first-order valence-corrected chi connectivity index (χ1v) is 6.16. The second kappa shape index (κ2) is 4.60. The molecule has 0 aliphatic carbocycles. The lowest BCUT2D eigenvalue weighted by molar-refractivity contribution is -0.385. The zero-order valence-electron chi connectivity index (χ0n) is 8.91. The zero-order chi connectivity index (χ0) is 13.2. The zero-order valence-corrected chi connectivity index (χ0v) is 9.73. The highest BCUT2D eigenvalue weighted by Gasteiger charge is 2.18. The van der Waals surface area contributed by atoms with E-state index in [9.17, 15) is 23.3 Å². The van der Waals surface area contributed by atoms with Gasteiger partial charge in [-0.15, -0.1) is 0 Å². The van der Waals surface area contributed by atoms with E-state index in [1.165, 1.54) is 0 Å². The molecule has 0 saturated heterocycles. The molecule has 17 heavy (non-hydrogen) atoms. The second-order valence-corrected chi connectivity index (χ2v) is 4.86. The number of benzene rings is 1. The van der Waals surface area contributed by atoms with Gasteiger partial charge in [0, 0.05) is 24.1 Å². The smallest absolute Gasteiger partial charge is 0.271 e. The van der Waals surface area contributed by atoms with E-state index in [2.05, 4.69) is 0 Å². The van der Waals surface area contributed by atoms with Crippen LogP contribution < -0.4 is 5.14 Å². The minimum atomic E-state index is -4.08. The number of sulfonamides is 1. The Kier molecular flexibility index (Phi) is 3.59. The van der Waals surface area contributed by atoms with E-state index in [1.807, 2.05) is 0 Å². The number of non-ortho nitro benzene ring substituents is 1. The van der Waals surface area contributed by atoms with Crippen LogP contribution in [0.2, 0.25) is 0 Å². The van der Waals surface area contributed by atoms with Crippen LogP contribution in [0.15, 0.2) is 23.1 Å². The van der Waals surface area contributed by atoms with Crippen molar-refractivity contribution in [1.82, 2.24) is 0 Å². The van der Waals surface area contributed by atoms with E-state index in [1.54, 1.807) is 6.92 Å². The first-order valence-electron chi connectivity index (χ1n) is 4.61. The molecular formula is C9H10N2O5S. The van der Waals surface area contributed by atoms with E-state index >= 15 is 0 Å². The van der Waals surface area contributed by atoms with Gasteiger partial charge in [0.05, 0.1) is 9.82 Å². The summed E-state index contributed by atoms with van der Waals surface area (Å²) in [6.45, 7) is 1.57. The third kappa shape index (κ3) is 3.08. The van der Waals surface area contributed by atoms with Crippen molar-refractivity contribution in [3.8, 4) is 0 Å². The van der Waals surface area contributed by atoms with Crippen LogP contribution >= 0.6 is 0 Å². The van der Waals surface area contributed by atoms with Gasteiger partial charge >= 0.3 is 0 Å². The molecule has 0 atom stereocenters. The molecule has 7 nitrogen and oxygen atoms in total. The van der Waals surface area contributed by atoms with E-state index < -0.39 is 31.3 Å². The van der Waals surface area contributed by atoms with Crippen LogP contribution in [0.1, 0.15) is 23.7 Å². The fraction of sp³-hybridized carbons (Fsp3) is 0.222. The van der Waals surface area contributed by atoms with Gasteiger partial charge in [0.1, 0.15) is 0 Å². The lowest BCUT2D eigenvalue weighted by atomic mass is 10.1. The fourth-order valence-electron chi connectivity index (χ4n) is 1.22. The molecule has 1 aromatic carbocycles. The number of carbonyl (C=O) groups is 1. The van der Waals surface area contributed by atoms with Crippen LogP contribution in [0.5, 0.6) is 0 Å². The molecule has 2 N–H and O–H groups in total. The summed E-state index contributed by atoms with van der Waals surface area (Å²) in [4.78, 5) is 20.8. The van der Waals surface area contributed by atoms with Crippen LogP contribution in [0.3, 0.4) is 0 Å². The highest BCUT2D eigenvalue weighted by atomic mass is 32.2. The third-order valence-corrected chi connectivity index (χ3v) is 2.97. The fourth-order valence-corrected chi connectivity index (χ4v) is 1.79. The van der Waals surface area contributed by atoms with Gasteiger partial charge in [0.25, 0.3) is 5.69 Å². The third-order valence-electron chi connectivity index (χ3n) is 2.07. The molecule has 0 radical (unpaired) electrons. The first kappa shape index (κ1) is 13.3. The monoisotopic (exact) mass is 258 g/mol. The Morgan fingerprint density at radius 2 is 2.00 bits per heavy atom. The number of nitrogens with zero attached hydrogens (tertiary/aromatic N) is 1. The highest BCUT2D eigenvalue weighted by molar-refractivity contribution is 7.89. The molecule has 0 aliphatic heterocycles. The number of nitro groups is 1. The highest BCUT2D eigenvalue weighted by Crippen LogP contribution is 2.20. The lowest BCUT2D eigenvalue weighted by Gasteiger charge is -2.02. The molecule has 0 heterocycles. The van der Waals surface area contributed by atoms with Crippen molar-refractivity contribution < 1.29 is 18.1 Å². The standard InChI is InChI=1S/C9H10N2O5S/c1-2-9(12)6-3-7(11(13)14)5-8(4-6)17(10,15)16/h3-5H,2H2,1H3,(H2,10,15,16). The lowest BCUT2D eigenvalue weighted by Crippen LogP contribution is -2.13. The summed E-state index contributed by atoms with van der Waals surface area (Å²) in [5, 5.41) is 15.5. The number of primary sulfonamides is 1. The second-order valence-electron chi connectivity index (χ2n) is 3.29. The predicted molar refractivity (Wildman–Crippen MR) is 59.1 cm³/mol. The Balaban J connectivity index is 3.50. The quantitative estimate of drug-likeness (QED) is 0.487. The van der Waals surface area contributed by atoms with Crippen molar-refractivity contribution in [2.24, 2.45) is 5.14 Å². The number of hydrogen-bond acceptors (Lipinski definition) is 5. The summed E-state index contributed by atoms with van der Waals surface area (Å²) < 4.78 is 22.2. The largest absolute Gasteiger partial charge is 0.294 e. The van der Waals surface area contributed by atoms with Gasteiger partial charge in [-0.1, -0.05) is 6.92 Å². The number of carbonyl (C=O) groups excluding carboxylic acids is 1. The maximum Gasteiger partial charge on any atom is 0.271 e. The summed E-state index contributed by atoms with van der Waals surface area (Å²) in [6, 6.07) is 2.89. The van der Waals surface area contributed by atoms with Crippen LogP contribution in [0.25, 0.3) is 0 Å². The topological polar surface area (TPSA) is 120 Å². The summed E-state index contributed by atoms with van der Waals surface area (Å²) in [5.41, 5.74) is -0.515. The maximum atomic E-state index is 11.4. The maximum absolute atomic E-state index is 11.4. The van der Waals surface area contributed by atoms with Crippen LogP contribution in [-0.2, 0) is 10.0 Å². The first-order chi connectivity index (χ1) is 7.75. The van der Waals surface area contributed by atoms with Crippen molar-refractivity contribution in [2.75, 3.05) is 0 Å². The molecule has 0 aliphatic rings. The Morgan fingerprint density at radius 1 is 1.41 bits per heavy atom. The number of rotatable bonds is 4. The number of Topliss-reactive ketones (excluding diaryl/α,β-unsaturated/α-hetero) is 1. The van der Waals surface area contributed by atoms with Crippen molar-refractivity contribution in [3.63, 3.8) is 0 Å². The van der Waals surface area contributed by atoms with Gasteiger partial charge in [0.2, 0.25) is 10.0 Å². The molecule has 0 aromatic heterocycles. The van der Waals surface area contributed by atoms with Crippen molar-refractivity contribution in [2.45, 2.75) is 18.2 Å². The van der Waals surface area contributed by atoms with E-state index in [0.717, 1.165) is 18.2 Å². The number of nitro benzene ring substituents is 1. The van der Waals surface area contributed by atoms with Gasteiger partial charge in [-0.25, -0.2) is 13.6 Å². The van der Waals surface area contributed by atoms with Crippen LogP contribution in [-0.4, -0.2) is 19.1 Å². The molecule has 92 valence electrons.